The maximum Gasteiger partial charge on any atom is 0.0492 e. The minimum absolute atomic E-state index is 0.0146. The molecule has 148 valence electrons. The van der Waals surface area contributed by atoms with Crippen molar-refractivity contribution in [3.05, 3.63) is 114 Å². The SMILES string of the molecule is CCC(CC=Cc1ccccc1)(c1ccccc1)N(C)[C@@H]1C[C@H]1c1ccccc1. The van der Waals surface area contributed by atoms with E-state index in [1.54, 1.807) is 0 Å². The molecule has 3 atom stereocenters. The highest BCUT2D eigenvalue weighted by Crippen LogP contribution is 2.50. The first kappa shape index (κ1) is 19.7. The lowest BCUT2D eigenvalue weighted by molar-refractivity contribution is 0.103. The number of rotatable bonds is 8. The Kier molecular flexibility index (Phi) is 5.97. The van der Waals surface area contributed by atoms with Gasteiger partial charge in [-0.3, -0.25) is 4.90 Å². The Morgan fingerprint density at radius 1 is 0.862 bits per heavy atom. The van der Waals surface area contributed by atoms with E-state index < -0.39 is 0 Å². The van der Waals surface area contributed by atoms with Gasteiger partial charge < -0.3 is 0 Å². The third-order valence-corrected chi connectivity index (χ3v) is 6.62. The van der Waals surface area contributed by atoms with Gasteiger partial charge in [-0.15, -0.1) is 0 Å². The maximum atomic E-state index is 2.66. The van der Waals surface area contributed by atoms with Gasteiger partial charge in [-0.1, -0.05) is 110 Å². The van der Waals surface area contributed by atoms with E-state index in [0.29, 0.717) is 12.0 Å². The predicted octanol–water partition coefficient (Wildman–Crippen LogP) is 6.88. The van der Waals surface area contributed by atoms with E-state index in [2.05, 4.69) is 122 Å². The van der Waals surface area contributed by atoms with Crippen molar-refractivity contribution in [3.8, 4) is 0 Å². The largest absolute Gasteiger partial charge is 0.293 e. The van der Waals surface area contributed by atoms with Crippen molar-refractivity contribution >= 4 is 6.08 Å². The fourth-order valence-electron chi connectivity index (χ4n) is 4.75. The monoisotopic (exact) mass is 381 g/mol. The number of hydrogen-bond donors (Lipinski definition) is 0. The molecule has 1 aliphatic rings. The smallest absolute Gasteiger partial charge is 0.0492 e. The summed E-state index contributed by atoms with van der Waals surface area (Å²) in [6, 6.07) is 33.3. The van der Waals surface area contributed by atoms with Crippen molar-refractivity contribution in [2.45, 2.75) is 43.7 Å². The van der Waals surface area contributed by atoms with Crippen LogP contribution in [-0.2, 0) is 5.54 Å². The summed E-state index contributed by atoms with van der Waals surface area (Å²) in [4.78, 5) is 2.66. The van der Waals surface area contributed by atoms with Crippen LogP contribution in [0.1, 0.15) is 48.8 Å². The molecular formula is C28H31N. The standard InChI is InChI=1S/C28H31N/c1-3-28(25-19-11-6-12-20-25,21-13-16-23-14-7-4-8-15-23)29(2)27-22-26(27)24-17-9-5-10-18-24/h4-20,26-27H,3,21-22H2,1-2H3/t26-,27+,28?/m0/s1. The molecule has 0 heterocycles. The van der Waals surface area contributed by atoms with E-state index in [1.807, 2.05) is 0 Å². The predicted molar refractivity (Wildman–Crippen MR) is 124 cm³/mol. The highest BCUT2D eigenvalue weighted by atomic mass is 15.2. The molecule has 3 aromatic carbocycles. The topological polar surface area (TPSA) is 3.24 Å². The lowest BCUT2D eigenvalue weighted by Crippen LogP contribution is -2.45. The fourth-order valence-corrected chi connectivity index (χ4v) is 4.75. The Morgan fingerprint density at radius 3 is 2.07 bits per heavy atom. The van der Waals surface area contributed by atoms with Crippen LogP contribution in [0, 0.1) is 0 Å². The van der Waals surface area contributed by atoms with Crippen LogP contribution < -0.4 is 0 Å². The molecule has 1 aliphatic carbocycles. The van der Waals surface area contributed by atoms with Gasteiger partial charge in [-0.2, -0.15) is 0 Å². The molecule has 0 aromatic heterocycles. The molecule has 1 fully saturated rings. The van der Waals surface area contributed by atoms with Crippen LogP contribution in [0.15, 0.2) is 97.1 Å². The van der Waals surface area contributed by atoms with Crippen LogP contribution in [0.5, 0.6) is 0 Å². The molecule has 29 heavy (non-hydrogen) atoms. The maximum absolute atomic E-state index is 2.66. The van der Waals surface area contributed by atoms with Crippen LogP contribution in [0.2, 0.25) is 0 Å². The van der Waals surface area contributed by atoms with Gasteiger partial charge in [0, 0.05) is 17.5 Å². The highest BCUT2D eigenvalue weighted by molar-refractivity contribution is 5.49. The van der Waals surface area contributed by atoms with Crippen molar-refractivity contribution in [1.82, 2.24) is 4.90 Å². The zero-order chi connectivity index (χ0) is 20.1. The van der Waals surface area contributed by atoms with Gasteiger partial charge >= 0.3 is 0 Å². The van der Waals surface area contributed by atoms with Crippen LogP contribution in [0.4, 0.5) is 0 Å². The third-order valence-electron chi connectivity index (χ3n) is 6.62. The number of likely N-dealkylation sites (N-methyl/N-ethyl adjacent to an activating group) is 1. The molecule has 1 unspecified atom stereocenters. The first-order valence-electron chi connectivity index (χ1n) is 10.8. The second-order valence-electron chi connectivity index (χ2n) is 8.20. The van der Waals surface area contributed by atoms with Crippen molar-refractivity contribution in [2.75, 3.05) is 7.05 Å². The summed E-state index contributed by atoms with van der Waals surface area (Å²) in [5.74, 6) is 0.647. The van der Waals surface area contributed by atoms with Gasteiger partial charge in [0.2, 0.25) is 0 Å². The van der Waals surface area contributed by atoms with E-state index >= 15 is 0 Å². The average molecular weight is 382 g/mol. The zero-order valence-corrected chi connectivity index (χ0v) is 17.5. The van der Waals surface area contributed by atoms with E-state index in [4.69, 9.17) is 0 Å². The molecular weight excluding hydrogens is 350 g/mol. The summed E-state index contributed by atoms with van der Waals surface area (Å²) in [6.45, 7) is 2.33. The molecule has 4 rings (SSSR count). The van der Waals surface area contributed by atoms with Gasteiger partial charge in [0.15, 0.2) is 0 Å². The Morgan fingerprint density at radius 2 is 1.45 bits per heavy atom. The van der Waals surface area contributed by atoms with Crippen LogP contribution in [0.3, 0.4) is 0 Å². The number of nitrogens with zero attached hydrogens (tertiary/aromatic N) is 1. The number of benzene rings is 3. The van der Waals surface area contributed by atoms with Gasteiger partial charge in [0.25, 0.3) is 0 Å². The lowest BCUT2D eigenvalue weighted by Gasteiger charge is -2.42. The van der Waals surface area contributed by atoms with Gasteiger partial charge in [-0.05, 0) is 43.0 Å². The van der Waals surface area contributed by atoms with E-state index in [0.717, 1.165) is 12.8 Å². The molecule has 0 radical (unpaired) electrons. The van der Waals surface area contributed by atoms with Crippen LogP contribution >= 0.6 is 0 Å². The van der Waals surface area contributed by atoms with E-state index in [1.165, 1.54) is 23.1 Å². The summed E-state index contributed by atoms with van der Waals surface area (Å²) in [6.07, 6.45) is 7.98. The molecule has 3 aromatic rings. The van der Waals surface area contributed by atoms with Gasteiger partial charge in [-0.25, -0.2) is 0 Å². The Bertz CT molecular complexity index is 916. The molecule has 0 bridgehead atoms. The van der Waals surface area contributed by atoms with Gasteiger partial charge in [0.05, 0.1) is 0 Å². The minimum atomic E-state index is 0.0146. The lowest BCUT2D eigenvalue weighted by atomic mass is 9.82. The first-order chi connectivity index (χ1) is 14.2. The molecule has 1 saturated carbocycles. The van der Waals surface area contributed by atoms with E-state index in [9.17, 15) is 0 Å². The summed E-state index contributed by atoms with van der Waals surface area (Å²) in [7, 11) is 2.33. The average Bonchev–Trinajstić information content (AvgIpc) is 3.59. The van der Waals surface area contributed by atoms with Crippen molar-refractivity contribution < 1.29 is 0 Å². The molecule has 0 amide bonds. The summed E-state index contributed by atoms with van der Waals surface area (Å²) in [5, 5.41) is 0. The second kappa shape index (κ2) is 8.80. The Hall–Kier alpha value is -2.64. The molecule has 0 saturated heterocycles. The Labute approximate surface area is 175 Å². The second-order valence-corrected chi connectivity index (χ2v) is 8.20. The normalized spacial score (nSPS) is 20.7. The minimum Gasteiger partial charge on any atom is -0.293 e. The quantitative estimate of drug-likeness (QED) is 0.411. The molecule has 1 heteroatoms. The van der Waals surface area contributed by atoms with Crippen molar-refractivity contribution in [2.24, 2.45) is 0 Å². The van der Waals surface area contributed by atoms with Gasteiger partial charge in [0.1, 0.15) is 0 Å². The highest BCUT2D eigenvalue weighted by Gasteiger charge is 2.48. The zero-order valence-electron chi connectivity index (χ0n) is 17.5. The van der Waals surface area contributed by atoms with Crippen molar-refractivity contribution in [3.63, 3.8) is 0 Å². The molecule has 0 aliphatic heterocycles. The van der Waals surface area contributed by atoms with E-state index in [-0.39, 0.29) is 5.54 Å². The molecule has 1 nitrogen and oxygen atoms in total. The summed E-state index contributed by atoms with van der Waals surface area (Å²) in [5.41, 5.74) is 4.17. The van der Waals surface area contributed by atoms with Crippen LogP contribution in [0.25, 0.3) is 6.08 Å². The van der Waals surface area contributed by atoms with Crippen molar-refractivity contribution in [1.29, 1.82) is 0 Å². The molecule has 0 spiro atoms. The summed E-state index contributed by atoms with van der Waals surface area (Å²) < 4.78 is 0. The number of hydrogen-bond acceptors (Lipinski definition) is 1. The third kappa shape index (κ3) is 4.21. The fraction of sp³-hybridized carbons (Fsp3) is 0.286. The van der Waals surface area contributed by atoms with Crippen LogP contribution in [-0.4, -0.2) is 18.0 Å². The molecule has 0 N–H and O–H groups in total. The summed E-state index contributed by atoms with van der Waals surface area (Å²) >= 11 is 0. The Balaban J connectivity index is 1.60. The first-order valence-corrected chi connectivity index (χ1v) is 10.8.